The molecule has 1 fully saturated rings. The van der Waals surface area contributed by atoms with Crippen molar-refractivity contribution in [2.24, 2.45) is 0 Å². The van der Waals surface area contributed by atoms with Crippen LogP contribution in [-0.2, 0) is 15.3 Å². The highest BCUT2D eigenvalue weighted by molar-refractivity contribution is 7.98. The number of hydrogen-bond acceptors (Lipinski definition) is 9. The standard InChI is InChI=1S/C29H34N4O5S/c1-18-24(27(34)38-21-13-9-6-10-14-21)25(20-15-22(35-2)26(37-4)23(16-20)36-3)33-28(30-18)31-29(32-33)39-17-19-11-7-5-8-12-19/h5,7-8,11-12,15-16,21,25H,6,9-10,13-14,17H2,1-4H3,(H,30,31,32). The van der Waals surface area contributed by atoms with Gasteiger partial charge >= 0.3 is 5.97 Å². The van der Waals surface area contributed by atoms with E-state index in [9.17, 15) is 4.79 Å². The molecule has 0 bridgehead atoms. The van der Waals surface area contributed by atoms with Gasteiger partial charge in [0.1, 0.15) is 12.1 Å². The van der Waals surface area contributed by atoms with Gasteiger partial charge in [-0.2, -0.15) is 4.98 Å². The number of carbonyl (C=O) groups is 1. The number of carbonyl (C=O) groups excluding carboxylic acids is 1. The lowest BCUT2D eigenvalue weighted by Crippen LogP contribution is -2.32. The smallest absolute Gasteiger partial charge is 0.338 e. The van der Waals surface area contributed by atoms with Gasteiger partial charge in [0.2, 0.25) is 16.9 Å². The Balaban J connectivity index is 1.55. The number of methoxy groups -OCH3 is 3. The van der Waals surface area contributed by atoms with Gasteiger partial charge in [-0.3, -0.25) is 0 Å². The quantitative estimate of drug-likeness (QED) is 0.263. The van der Waals surface area contributed by atoms with Crippen molar-refractivity contribution < 1.29 is 23.7 Å². The maximum Gasteiger partial charge on any atom is 0.338 e. The van der Waals surface area contributed by atoms with Crippen LogP contribution in [0.25, 0.3) is 0 Å². The highest BCUT2D eigenvalue weighted by Crippen LogP contribution is 2.44. The second-order valence-electron chi connectivity index (χ2n) is 9.63. The van der Waals surface area contributed by atoms with Crippen molar-refractivity contribution in [3.05, 3.63) is 64.9 Å². The summed E-state index contributed by atoms with van der Waals surface area (Å²) < 4.78 is 24.6. The Kier molecular flexibility index (Phi) is 8.30. The number of fused-ring (bicyclic) bond motifs is 1. The molecule has 9 nitrogen and oxygen atoms in total. The van der Waals surface area contributed by atoms with Crippen LogP contribution in [0, 0.1) is 0 Å². The molecule has 206 valence electrons. The van der Waals surface area contributed by atoms with E-state index in [1.807, 2.05) is 37.3 Å². The molecule has 1 N–H and O–H groups in total. The molecule has 0 radical (unpaired) electrons. The highest BCUT2D eigenvalue weighted by Gasteiger charge is 2.37. The molecular formula is C29H34N4O5S. The molecule has 3 aromatic rings. The molecule has 1 unspecified atom stereocenters. The van der Waals surface area contributed by atoms with Gasteiger partial charge in [-0.15, -0.1) is 5.10 Å². The second-order valence-corrected chi connectivity index (χ2v) is 10.6. The third-order valence-corrected chi connectivity index (χ3v) is 8.00. The van der Waals surface area contributed by atoms with Crippen LogP contribution >= 0.6 is 11.8 Å². The molecule has 5 rings (SSSR count). The summed E-state index contributed by atoms with van der Waals surface area (Å²) in [5.74, 6) is 2.37. The van der Waals surface area contributed by atoms with Crippen LogP contribution in [0.4, 0.5) is 5.95 Å². The first-order valence-electron chi connectivity index (χ1n) is 13.1. The minimum absolute atomic E-state index is 0.0822. The van der Waals surface area contributed by atoms with E-state index in [1.165, 1.54) is 23.7 Å². The summed E-state index contributed by atoms with van der Waals surface area (Å²) in [6, 6.07) is 13.3. The van der Waals surface area contributed by atoms with Crippen molar-refractivity contribution >= 4 is 23.7 Å². The van der Waals surface area contributed by atoms with Crippen LogP contribution in [0.3, 0.4) is 0 Å². The zero-order valence-corrected chi connectivity index (χ0v) is 23.5. The number of benzene rings is 2. The van der Waals surface area contributed by atoms with E-state index < -0.39 is 6.04 Å². The van der Waals surface area contributed by atoms with Crippen molar-refractivity contribution in [3.8, 4) is 17.2 Å². The summed E-state index contributed by atoms with van der Waals surface area (Å²) in [5, 5.41) is 8.74. The Morgan fingerprint density at radius 3 is 2.36 bits per heavy atom. The van der Waals surface area contributed by atoms with Gasteiger partial charge in [0, 0.05) is 11.4 Å². The van der Waals surface area contributed by atoms with Crippen LogP contribution < -0.4 is 19.5 Å². The largest absolute Gasteiger partial charge is 0.493 e. The van der Waals surface area contributed by atoms with Gasteiger partial charge in [0.05, 0.1) is 26.9 Å². The summed E-state index contributed by atoms with van der Waals surface area (Å²) >= 11 is 1.54. The highest BCUT2D eigenvalue weighted by atomic mass is 32.2. The molecule has 0 amide bonds. The summed E-state index contributed by atoms with van der Waals surface area (Å²) in [4.78, 5) is 18.5. The molecule has 1 aliphatic carbocycles. The Bertz CT molecular complexity index is 1330. The molecule has 10 heteroatoms. The molecule has 2 aromatic carbocycles. The fraction of sp³-hybridized carbons (Fsp3) is 0.414. The van der Waals surface area contributed by atoms with Crippen molar-refractivity contribution in [2.75, 3.05) is 26.6 Å². The van der Waals surface area contributed by atoms with Gasteiger partial charge in [0.25, 0.3) is 0 Å². The average Bonchev–Trinajstić information content (AvgIpc) is 3.37. The van der Waals surface area contributed by atoms with Gasteiger partial charge < -0.3 is 24.3 Å². The Labute approximate surface area is 232 Å². The summed E-state index contributed by atoms with van der Waals surface area (Å²) in [6.45, 7) is 1.87. The van der Waals surface area contributed by atoms with E-state index in [0.717, 1.165) is 37.0 Å². The molecule has 1 aliphatic heterocycles. The van der Waals surface area contributed by atoms with E-state index in [0.29, 0.717) is 39.6 Å². The second kappa shape index (κ2) is 12.0. The predicted molar refractivity (Wildman–Crippen MR) is 150 cm³/mol. The summed E-state index contributed by atoms with van der Waals surface area (Å²) in [5.41, 5.74) is 3.07. The SMILES string of the molecule is COc1cc(C2C(C(=O)OC3CCCCC3)=C(C)Nc3nc(SCc4ccccc4)nn32)cc(OC)c1OC. The van der Waals surface area contributed by atoms with E-state index >= 15 is 0 Å². The number of anilines is 1. The molecule has 0 spiro atoms. The number of rotatable bonds is 9. The van der Waals surface area contributed by atoms with Crippen LogP contribution in [0.1, 0.15) is 56.2 Å². The maximum absolute atomic E-state index is 13.7. The normalized spacial score (nSPS) is 17.3. The lowest BCUT2D eigenvalue weighted by Gasteiger charge is -2.30. The van der Waals surface area contributed by atoms with Crippen molar-refractivity contribution in [3.63, 3.8) is 0 Å². The Morgan fingerprint density at radius 1 is 1.03 bits per heavy atom. The molecule has 2 heterocycles. The number of hydrogen-bond donors (Lipinski definition) is 1. The number of aromatic nitrogens is 3. The van der Waals surface area contributed by atoms with E-state index in [-0.39, 0.29) is 12.1 Å². The van der Waals surface area contributed by atoms with Crippen molar-refractivity contribution in [2.45, 2.75) is 62.1 Å². The van der Waals surface area contributed by atoms with Crippen molar-refractivity contribution in [1.29, 1.82) is 0 Å². The minimum Gasteiger partial charge on any atom is -0.493 e. The number of esters is 1. The van der Waals surface area contributed by atoms with Gasteiger partial charge in [-0.25, -0.2) is 9.48 Å². The van der Waals surface area contributed by atoms with Crippen LogP contribution in [0.2, 0.25) is 0 Å². The third kappa shape index (κ3) is 5.71. The molecule has 1 aromatic heterocycles. The van der Waals surface area contributed by atoms with Crippen LogP contribution in [-0.4, -0.2) is 48.2 Å². The number of nitrogens with zero attached hydrogens (tertiary/aromatic N) is 3. The predicted octanol–water partition coefficient (Wildman–Crippen LogP) is 5.76. The van der Waals surface area contributed by atoms with Gasteiger partial charge in [-0.1, -0.05) is 48.5 Å². The zero-order chi connectivity index (χ0) is 27.4. The maximum atomic E-state index is 13.7. The lowest BCUT2D eigenvalue weighted by atomic mass is 9.94. The molecule has 2 aliphatic rings. The molecule has 1 atom stereocenters. The number of ether oxygens (including phenoxy) is 4. The fourth-order valence-corrected chi connectivity index (χ4v) is 5.93. The van der Waals surface area contributed by atoms with Gasteiger partial charge in [0.15, 0.2) is 11.5 Å². The molecule has 1 saturated carbocycles. The summed E-state index contributed by atoms with van der Waals surface area (Å²) in [6.07, 6.45) is 5.00. The molecule has 39 heavy (non-hydrogen) atoms. The van der Waals surface area contributed by atoms with Crippen LogP contribution in [0.15, 0.2) is 58.9 Å². The molecular weight excluding hydrogens is 516 g/mol. The Hall–Kier alpha value is -3.66. The first-order chi connectivity index (χ1) is 19.0. The first kappa shape index (κ1) is 26.9. The van der Waals surface area contributed by atoms with E-state index in [2.05, 4.69) is 17.4 Å². The summed E-state index contributed by atoms with van der Waals surface area (Å²) in [7, 11) is 4.71. The van der Waals surface area contributed by atoms with E-state index in [1.54, 1.807) is 26.0 Å². The fourth-order valence-electron chi connectivity index (χ4n) is 5.14. The monoisotopic (exact) mass is 550 g/mol. The number of nitrogens with one attached hydrogen (secondary N) is 1. The van der Waals surface area contributed by atoms with Crippen LogP contribution in [0.5, 0.6) is 17.2 Å². The first-order valence-corrected chi connectivity index (χ1v) is 14.1. The Morgan fingerprint density at radius 2 is 1.72 bits per heavy atom. The van der Waals surface area contributed by atoms with Gasteiger partial charge in [-0.05, 0) is 55.9 Å². The number of thioether (sulfide) groups is 1. The molecule has 0 saturated heterocycles. The number of allylic oxidation sites excluding steroid dienone is 1. The average molecular weight is 551 g/mol. The van der Waals surface area contributed by atoms with Crippen molar-refractivity contribution in [1.82, 2.24) is 14.8 Å². The lowest BCUT2D eigenvalue weighted by molar-refractivity contribution is -0.146. The van der Waals surface area contributed by atoms with E-state index in [4.69, 9.17) is 29.0 Å². The topological polar surface area (TPSA) is 96.7 Å². The minimum atomic E-state index is -0.607. The zero-order valence-electron chi connectivity index (χ0n) is 22.7. The third-order valence-electron chi connectivity index (χ3n) is 7.09.